The van der Waals surface area contributed by atoms with Crippen molar-refractivity contribution >= 4 is 11.8 Å². The van der Waals surface area contributed by atoms with Crippen LogP contribution in [-0.4, -0.2) is 10.9 Å². The van der Waals surface area contributed by atoms with Gasteiger partial charge in [-0.15, -0.1) is 11.8 Å². The van der Waals surface area contributed by atoms with Crippen LogP contribution < -0.4 is 0 Å². The first kappa shape index (κ1) is 9.91. The molecule has 2 heteroatoms. The summed E-state index contributed by atoms with van der Waals surface area (Å²) in [5.41, 5.74) is 1.64. The molecule has 1 nitrogen and oxygen atoms in total. The van der Waals surface area contributed by atoms with Crippen LogP contribution in [0.15, 0.2) is 23.1 Å². The Labute approximate surface area is 89.5 Å². The van der Waals surface area contributed by atoms with E-state index < -0.39 is 0 Å². The van der Waals surface area contributed by atoms with Crippen molar-refractivity contribution in [2.45, 2.75) is 37.0 Å². The van der Waals surface area contributed by atoms with Gasteiger partial charge >= 0.3 is 0 Å². The number of thioether (sulfide) groups is 1. The molecule has 0 spiro atoms. The number of phenolic OH excluding ortho intramolecular Hbond substituents is 1. The second kappa shape index (κ2) is 3.50. The Balaban J connectivity index is 2.50. The van der Waals surface area contributed by atoms with Gasteiger partial charge in [0, 0.05) is 4.90 Å². The first-order chi connectivity index (χ1) is 6.59. The lowest BCUT2D eigenvalue weighted by molar-refractivity contribution is 0.459. The van der Waals surface area contributed by atoms with E-state index in [2.05, 4.69) is 19.9 Å². The van der Waals surface area contributed by atoms with E-state index in [0.717, 1.165) is 0 Å². The average molecular weight is 208 g/mol. The SMILES string of the molecule is CC1(C)CCCSc2cc(O)ccc21. The molecular weight excluding hydrogens is 192 g/mol. The molecule has 0 aliphatic carbocycles. The smallest absolute Gasteiger partial charge is 0.116 e. The Morgan fingerprint density at radius 1 is 1.36 bits per heavy atom. The molecule has 1 heterocycles. The lowest BCUT2D eigenvalue weighted by atomic mass is 9.81. The third-order valence-corrected chi connectivity index (χ3v) is 4.04. The van der Waals surface area contributed by atoms with Crippen molar-refractivity contribution in [2.24, 2.45) is 0 Å². The average Bonchev–Trinajstić information content (AvgIpc) is 2.25. The van der Waals surface area contributed by atoms with E-state index in [-0.39, 0.29) is 5.41 Å². The molecule has 0 radical (unpaired) electrons. The number of fused-ring (bicyclic) bond motifs is 1. The van der Waals surface area contributed by atoms with Gasteiger partial charge in [0.1, 0.15) is 5.75 Å². The molecular formula is C12H16OS. The second-order valence-electron chi connectivity index (χ2n) is 4.52. The number of aromatic hydroxyl groups is 1. The summed E-state index contributed by atoms with van der Waals surface area (Å²) in [5, 5.41) is 9.44. The highest BCUT2D eigenvalue weighted by molar-refractivity contribution is 7.99. The molecule has 14 heavy (non-hydrogen) atoms. The second-order valence-corrected chi connectivity index (χ2v) is 5.65. The van der Waals surface area contributed by atoms with Crippen LogP contribution in [-0.2, 0) is 5.41 Å². The van der Waals surface area contributed by atoms with Gasteiger partial charge in [0.2, 0.25) is 0 Å². The van der Waals surface area contributed by atoms with Crippen molar-refractivity contribution in [3.05, 3.63) is 23.8 Å². The monoisotopic (exact) mass is 208 g/mol. The van der Waals surface area contributed by atoms with Gasteiger partial charge in [0.25, 0.3) is 0 Å². The Kier molecular flexibility index (Phi) is 2.48. The van der Waals surface area contributed by atoms with E-state index in [1.54, 1.807) is 6.07 Å². The Morgan fingerprint density at radius 3 is 2.93 bits per heavy atom. The molecule has 1 aliphatic rings. The predicted molar refractivity (Wildman–Crippen MR) is 61.1 cm³/mol. The number of rotatable bonds is 0. The molecule has 1 aromatic rings. The highest BCUT2D eigenvalue weighted by Gasteiger charge is 2.25. The minimum Gasteiger partial charge on any atom is -0.508 e. The van der Waals surface area contributed by atoms with Crippen LogP contribution in [0.4, 0.5) is 0 Å². The normalized spacial score (nSPS) is 19.9. The maximum Gasteiger partial charge on any atom is 0.116 e. The van der Waals surface area contributed by atoms with Gasteiger partial charge in [-0.3, -0.25) is 0 Å². The molecule has 2 rings (SSSR count). The quantitative estimate of drug-likeness (QED) is 0.703. The number of hydrogen-bond donors (Lipinski definition) is 1. The first-order valence-corrected chi connectivity index (χ1v) is 6.04. The molecule has 76 valence electrons. The summed E-state index contributed by atoms with van der Waals surface area (Å²) in [6, 6.07) is 5.77. The first-order valence-electron chi connectivity index (χ1n) is 5.06. The fourth-order valence-corrected chi connectivity index (χ4v) is 3.23. The molecule has 1 N–H and O–H groups in total. The molecule has 0 unspecified atom stereocenters. The fraction of sp³-hybridized carbons (Fsp3) is 0.500. The van der Waals surface area contributed by atoms with E-state index in [1.807, 2.05) is 17.8 Å². The number of benzene rings is 1. The largest absolute Gasteiger partial charge is 0.508 e. The van der Waals surface area contributed by atoms with Gasteiger partial charge in [-0.25, -0.2) is 0 Å². The van der Waals surface area contributed by atoms with Crippen molar-refractivity contribution < 1.29 is 5.11 Å². The van der Waals surface area contributed by atoms with Gasteiger partial charge in [-0.2, -0.15) is 0 Å². The van der Waals surface area contributed by atoms with E-state index >= 15 is 0 Å². The summed E-state index contributed by atoms with van der Waals surface area (Å²) in [6.07, 6.45) is 2.49. The van der Waals surface area contributed by atoms with Crippen LogP contribution in [0.5, 0.6) is 5.75 Å². The summed E-state index contributed by atoms with van der Waals surface area (Å²) in [5.74, 6) is 1.55. The molecule has 0 aromatic heterocycles. The molecule has 0 atom stereocenters. The maximum absolute atomic E-state index is 9.44. The van der Waals surface area contributed by atoms with E-state index in [0.29, 0.717) is 5.75 Å². The summed E-state index contributed by atoms with van der Waals surface area (Å²) in [7, 11) is 0. The van der Waals surface area contributed by atoms with Gasteiger partial charge in [0.15, 0.2) is 0 Å². The zero-order chi connectivity index (χ0) is 10.2. The molecule has 0 fully saturated rings. The summed E-state index contributed by atoms with van der Waals surface area (Å²) in [6.45, 7) is 4.57. The lowest BCUT2D eigenvalue weighted by Crippen LogP contribution is -2.16. The van der Waals surface area contributed by atoms with Crippen LogP contribution in [0.2, 0.25) is 0 Å². The predicted octanol–water partition coefficient (Wildman–Crippen LogP) is 3.56. The highest BCUT2D eigenvalue weighted by atomic mass is 32.2. The third-order valence-electron chi connectivity index (χ3n) is 2.90. The topological polar surface area (TPSA) is 20.2 Å². The highest BCUT2D eigenvalue weighted by Crippen LogP contribution is 2.41. The summed E-state index contributed by atoms with van der Waals surface area (Å²) < 4.78 is 0. The van der Waals surface area contributed by atoms with Gasteiger partial charge < -0.3 is 5.11 Å². The van der Waals surface area contributed by atoms with Gasteiger partial charge in [-0.1, -0.05) is 19.9 Å². The maximum atomic E-state index is 9.44. The summed E-state index contributed by atoms with van der Waals surface area (Å²) >= 11 is 1.87. The van der Waals surface area contributed by atoms with Crippen LogP contribution in [0, 0.1) is 0 Å². The van der Waals surface area contributed by atoms with Crippen LogP contribution >= 0.6 is 11.8 Å². The van der Waals surface area contributed by atoms with Crippen LogP contribution in [0.25, 0.3) is 0 Å². The van der Waals surface area contributed by atoms with Crippen molar-refractivity contribution in [1.29, 1.82) is 0 Å². The Bertz CT molecular complexity index is 344. The third kappa shape index (κ3) is 1.76. The number of hydrogen-bond acceptors (Lipinski definition) is 2. The zero-order valence-corrected chi connectivity index (χ0v) is 9.53. The van der Waals surface area contributed by atoms with Crippen LogP contribution in [0.1, 0.15) is 32.3 Å². The van der Waals surface area contributed by atoms with E-state index in [9.17, 15) is 5.11 Å². The lowest BCUT2D eigenvalue weighted by Gasteiger charge is -2.24. The molecule has 0 saturated heterocycles. The minimum atomic E-state index is 0.256. The molecule has 0 amide bonds. The van der Waals surface area contributed by atoms with Crippen LogP contribution in [0.3, 0.4) is 0 Å². The van der Waals surface area contributed by atoms with Crippen molar-refractivity contribution in [3.8, 4) is 5.75 Å². The van der Waals surface area contributed by atoms with Crippen molar-refractivity contribution in [2.75, 3.05) is 5.75 Å². The zero-order valence-electron chi connectivity index (χ0n) is 8.71. The van der Waals surface area contributed by atoms with Crippen molar-refractivity contribution in [3.63, 3.8) is 0 Å². The van der Waals surface area contributed by atoms with Crippen molar-refractivity contribution in [1.82, 2.24) is 0 Å². The molecule has 0 bridgehead atoms. The minimum absolute atomic E-state index is 0.256. The fourth-order valence-electron chi connectivity index (χ4n) is 2.02. The molecule has 0 saturated carbocycles. The Hall–Kier alpha value is -0.630. The van der Waals surface area contributed by atoms with Gasteiger partial charge in [0.05, 0.1) is 0 Å². The molecule has 1 aliphatic heterocycles. The number of phenols is 1. The Morgan fingerprint density at radius 2 is 2.14 bits per heavy atom. The van der Waals surface area contributed by atoms with E-state index in [1.165, 1.54) is 29.1 Å². The molecule has 1 aromatic carbocycles. The summed E-state index contributed by atoms with van der Waals surface area (Å²) in [4.78, 5) is 1.26. The van der Waals surface area contributed by atoms with Gasteiger partial charge in [-0.05, 0) is 41.7 Å². The standard InChI is InChI=1S/C12H16OS/c1-12(2)6-3-7-14-11-8-9(13)4-5-10(11)12/h4-5,8,13H,3,6-7H2,1-2H3. The van der Waals surface area contributed by atoms with E-state index in [4.69, 9.17) is 0 Å².